The molecule has 6 nitrogen and oxygen atoms in total. The highest BCUT2D eigenvalue weighted by atomic mass is 32.1. The molecular formula is C12H17N3O3S. The summed E-state index contributed by atoms with van der Waals surface area (Å²) in [6.07, 6.45) is 0.435. The van der Waals surface area contributed by atoms with Gasteiger partial charge in [-0.1, -0.05) is 32.1 Å². The first-order chi connectivity index (χ1) is 8.79. The first-order valence-corrected chi connectivity index (χ1v) is 6.94. The molecule has 0 spiro atoms. The van der Waals surface area contributed by atoms with Crippen LogP contribution in [0.25, 0.3) is 0 Å². The van der Waals surface area contributed by atoms with E-state index in [0.29, 0.717) is 13.0 Å². The molecular weight excluding hydrogens is 266 g/mol. The van der Waals surface area contributed by atoms with E-state index in [-0.39, 0.29) is 17.2 Å². The number of aliphatic carboxylic acids is 1. The monoisotopic (exact) mass is 283 g/mol. The summed E-state index contributed by atoms with van der Waals surface area (Å²) in [5, 5.41) is 21.2. The van der Waals surface area contributed by atoms with Crippen molar-refractivity contribution in [1.82, 2.24) is 15.5 Å². The molecule has 0 saturated heterocycles. The van der Waals surface area contributed by atoms with E-state index in [1.54, 1.807) is 0 Å². The smallest absolute Gasteiger partial charge is 0.307 e. The van der Waals surface area contributed by atoms with Crippen LogP contribution in [0.1, 0.15) is 37.2 Å². The zero-order valence-electron chi connectivity index (χ0n) is 11.1. The lowest BCUT2D eigenvalue weighted by molar-refractivity contribution is -0.140. The van der Waals surface area contributed by atoms with Crippen molar-refractivity contribution in [2.24, 2.45) is 11.8 Å². The van der Waals surface area contributed by atoms with Crippen molar-refractivity contribution in [3.63, 3.8) is 0 Å². The third-order valence-corrected chi connectivity index (χ3v) is 4.32. The Labute approximate surface area is 115 Å². The molecule has 0 aromatic carbocycles. The maximum atomic E-state index is 11.7. The minimum atomic E-state index is -0.897. The Morgan fingerprint density at radius 2 is 2.05 bits per heavy atom. The van der Waals surface area contributed by atoms with Crippen LogP contribution in [-0.4, -0.2) is 27.2 Å². The molecule has 1 saturated carbocycles. The van der Waals surface area contributed by atoms with Crippen molar-refractivity contribution in [2.45, 2.75) is 39.2 Å². The van der Waals surface area contributed by atoms with E-state index in [4.69, 9.17) is 5.11 Å². The number of carboxylic acid groups (broad SMARTS) is 1. The molecule has 2 N–H and O–H groups in total. The van der Waals surface area contributed by atoms with E-state index < -0.39 is 11.9 Å². The van der Waals surface area contributed by atoms with Crippen molar-refractivity contribution >= 4 is 23.2 Å². The normalized spacial score (nSPS) is 22.1. The van der Waals surface area contributed by atoms with Crippen LogP contribution in [0.4, 0.5) is 0 Å². The number of hydrogen-bond donors (Lipinski definition) is 2. The van der Waals surface area contributed by atoms with E-state index >= 15 is 0 Å². The van der Waals surface area contributed by atoms with Gasteiger partial charge in [0.25, 0.3) is 0 Å². The van der Waals surface area contributed by atoms with Crippen LogP contribution < -0.4 is 5.32 Å². The van der Waals surface area contributed by atoms with Gasteiger partial charge in [-0.25, -0.2) is 0 Å². The molecule has 1 amide bonds. The number of amides is 1. The molecule has 19 heavy (non-hydrogen) atoms. The molecule has 0 bridgehead atoms. The number of nitrogens with one attached hydrogen (secondary N) is 1. The molecule has 1 fully saturated rings. The van der Waals surface area contributed by atoms with Gasteiger partial charge in [0.15, 0.2) is 0 Å². The van der Waals surface area contributed by atoms with Gasteiger partial charge in [-0.3, -0.25) is 9.59 Å². The van der Waals surface area contributed by atoms with Gasteiger partial charge < -0.3 is 10.4 Å². The molecule has 0 radical (unpaired) electrons. The molecule has 2 atom stereocenters. The van der Waals surface area contributed by atoms with Gasteiger partial charge in [0, 0.05) is 5.41 Å². The Morgan fingerprint density at radius 3 is 2.53 bits per heavy atom. The number of nitrogens with zero attached hydrogens (tertiary/aromatic N) is 2. The molecule has 1 aliphatic rings. The fourth-order valence-corrected chi connectivity index (χ4v) is 2.52. The first-order valence-electron chi connectivity index (χ1n) is 6.12. The zero-order chi connectivity index (χ0) is 14.2. The lowest BCUT2D eigenvalue weighted by Gasteiger charge is -2.12. The number of carboxylic acids is 1. The summed E-state index contributed by atoms with van der Waals surface area (Å²) in [6.45, 7) is 6.47. The van der Waals surface area contributed by atoms with Gasteiger partial charge >= 0.3 is 5.97 Å². The summed E-state index contributed by atoms with van der Waals surface area (Å²) >= 11 is 1.47. The van der Waals surface area contributed by atoms with E-state index in [2.05, 4.69) is 36.3 Å². The van der Waals surface area contributed by atoms with Crippen LogP contribution in [-0.2, 0) is 21.5 Å². The zero-order valence-corrected chi connectivity index (χ0v) is 12.0. The number of carbonyl (C=O) groups is 2. The van der Waals surface area contributed by atoms with E-state index in [1.807, 2.05) is 0 Å². The summed E-state index contributed by atoms with van der Waals surface area (Å²) in [5.41, 5.74) is -0.0508. The Bertz CT molecular complexity index is 507. The van der Waals surface area contributed by atoms with Gasteiger partial charge in [-0.05, 0) is 6.42 Å². The van der Waals surface area contributed by atoms with Crippen molar-refractivity contribution in [1.29, 1.82) is 0 Å². The summed E-state index contributed by atoms with van der Waals surface area (Å²) in [4.78, 5) is 22.3. The highest BCUT2D eigenvalue weighted by Crippen LogP contribution is 2.38. The fourth-order valence-electron chi connectivity index (χ4n) is 1.68. The summed E-state index contributed by atoms with van der Waals surface area (Å²) < 4.78 is 0. The molecule has 104 valence electrons. The summed E-state index contributed by atoms with van der Waals surface area (Å²) in [7, 11) is 0. The van der Waals surface area contributed by atoms with Crippen LogP contribution >= 0.6 is 11.3 Å². The first kappa shape index (κ1) is 13.9. The summed E-state index contributed by atoms with van der Waals surface area (Å²) in [6, 6.07) is 0. The average Bonchev–Trinajstić information content (AvgIpc) is 2.96. The average molecular weight is 283 g/mol. The minimum Gasteiger partial charge on any atom is -0.481 e. The van der Waals surface area contributed by atoms with Crippen LogP contribution in [0.2, 0.25) is 0 Å². The van der Waals surface area contributed by atoms with Crippen LogP contribution in [0.5, 0.6) is 0 Å². The van der Waals surface area contributed by atoms with Crippen molar-refractivity contribution < 1.29 is 14.7 Å². The Hall–Kier alpha value is -1.50. The second kappa shape index (κ2) is 4.88. The van der Waals surface area contributed by atoms with Crippen molar-refractivity contribution in [2.75, 3.05) is 0 Å². The Kier molecular flexibility index (Phi) is 3.58. The number of hydrogen-bond acceptors (Lipinski definition) is 5. The number of carbonyl (C=O) groups excluding carboxylic acids is 1. The van der Waals surface area contributed by atoms with Crippen molar-refractivity contribution in [3.05, 3.63) is 10.0 Å². The predicted molar refractivity (Wildman–Crippen MR) is 69.7 cm³/mol. The molecule has 0 aliphatic heterocycles. The Morgan fingerprint density at radius 1 is 1.37 bits per heavy atom. The molecule has 1 aromatic rings. The molecule has 2 unspecified atom stereocenters. The van der Waals surface area contributed by atoms with Crippen LogP contribution in [0.15, 0.2) is 0 Å². The predicted octanol–water partition coefficient (Wildman–Crippen LogP) is 1.17. The van der Waals surface area contributed by atoms with Gasteiger partial charge in [0.05, 0.1) is 18.4 Å². The van der Waals surface area contributed by atoms with E-state index in [0.717, 1.165) is 10.0 Å². The van der Waals surface area contributed by atoms with Gasteiger partial charge in [-0.2, -0.15) is 0 Å². The number of aromatic nitrogens is 2. The highest BCUT2D eigenvalue weighted by Gasteiger charge is 2.48. The third-order valence-electron chi connectivity index (χ3n) is 2.97. The summed E-state index contributed by atoms with van der Waals surface area (Å²) in [5.74, 6) is -2.00. The van der Waals surface area contributed by atoms with E-state index in [9.17, 15) is 9.59 Å². The maximum Gasteiger partial charge on any atom is 0.307 e. The fraction of sp³-hybridized carbons (Fsp3) is 0.667. The topological polar surface area (TPSA) is 92.2 Å². The molecule has 2 rings (SSSR count). The standard InChI is InChI=1S/C12H17N3O3S/c1-12(2,3)11-15-14-8(19-11)5-13-9(16)6-4-7(6)10(17)18/h6-7H,4-5H2,1-3H3,(H,13,16)(H,17,18). The minimum absolute atomic E-state index is 0.0508. The third kappa shape index (κ3) is 3.28. The van der Waals surface area contributed by atoms with Crippen LogP contribution in [0.3, 0.4) is 0 Å². The quantitative estimate of drug-likeness (QED) is 0.865. The van der Waals surface area contributed by atoms with Gasteiger partial charge in [0.1, 0.15) is 10.0 Å². The highest BCUT2D eigenvalue weighted by molar-refractivity contribution is 7.11. The molecule has 1 aliphatic carbocycles. The molecule has 7 heteroatoms. The molecule has 1 aromatic heterocycles. The largest absolute Gasteiger partial charge is 0.481 e. The maximum absolute atomic E-state index is 11.7. The Balaban J connectivity index is 1.85. The lowest BCUT2D eigenvalue weighted by Crippen LogP contribution is -2.25. The van der Waals surface area contributed by atoms with Gasteiger partial charge in [0.2, 0.25) is 5.91 Å². The molecule has 1 heterocycles. The SMILES string of the molecule is CC(C)(C)c1nnc(CNC(=O)C2CC2C(=O)O)s1. The second-order valence-corrected chi connectivity index (χ2v) is 6.82. The lowest BCUT2D eigenvalue weighted by atomic mass is 9.98. The van der Waals surface area contributed by atoms with Crippen LogP contribution in [0, 0.1) is 11.8 Å². The van der Waals surface area contributed by atoms with E-state index in [1.165, 1.54) is 11.3 Å². The second-order valence-electron chi connectivity index (χ2n) is 5.76. The number of rotatable bonds is 4. The van der Waals surface area contributed by atoms with Crippen molar-refractivity contribution in [3.8, 4) is 0 Å². The van der Waals surface area contributed by atoms with Gasteiger partial charge in [-0.15, -0.1) is 10.2 Å².